The van der Waals surface area contributed by atoms with Crippen LogP contribution in [0.1, 0.15) is 31.2 Å². The molecule has 0 amide bonds. The lowest BCUT2D eigenvalue weighted by molar-refractivity contribution is 0.742. The van der Waals surface area contributed by atoms with E-state index in [0.29, 0.717) is 0 Å². The summed E-state index contributed by atoms with van der Waals surface area (Å²) >= 11 is 0. The largest absolute Gasteiger partial charge is 0.311 e. The first-order chi connectivity index (χ1) is 18.3. The molecule has 0 saturated carbocycles. The predicted molar refractivity (Wildman–Crippen MR) is 158 cm³/mol. The van der Waals surface area contributed by atoms with E-state index >= 15 is 0 Å². The maximum Gasteiger partial charge on any atom is 0.0462 e. The Morgan fingerprint density at radius 1 is 0.378 bits per heavy atom. The highest BCUT2D eigenvalue weighted by atomic mass is 15.1. The lowest BCUT2D eigenvalue weighted by Gasteiger charge is -2.26. The molecular weight excluding hydrogens is 446 g/mol. The molecule has 1 nitrogen and oxygen atoms in total. The van der Waals surface area contributed by atoms with E-state index in [1.165, 1.54) is 64.8 Å². The molecule has 0 N–H and O–H groups in total. The molecule has 180 valence electrons. The zero-order valence-corrected chi connectivity index (χ0v) is 21.1. The Labute approximate surface area is 220 Å². The Bertz CT molecular complexity index is 1380. The third kappa shape index (κ3) is 5.13. The second-order valence-corrected chi connectivity index (χ2v) is 9.68. The van der Waals surface area contributed by atoms with Crippen LogP contribution in [0.2, 0.25) is 0 Å². The molecule has 5 aromatic carbocycles. The first kappa shape index (κ1) is 23.1. The molecule has 0 aliphatic heterocycles. The van der Waals surface area contributed by atoms with Gasteiger partial charge >= 0.3 is 0 Å². The summed E-state index contributed by atoms with van der Waals surface area (Å²) in [6.07, 6.45) is 7.41. The predicted octanol–water partition coefficient (Wildman–Crippen LogP) is 10.4. The number of hydrogen-bond donors (Lipinski definition) is 0. The van der Waals surface area contributed by atoms with Gasteiger partial charge in [0, 0.05) is 17.1 Å². The highest BCUT2D eigenvalue weighted by molar-refractivity contribution is 5.80. The fraction of sp³-hybridized carbons (Fsp3) is 0.111. The van der Waals surface area contributed by atoms with E-state index < -0.39 is 0 Å². The molecule has 0 bridgehead atoms. The molecule has 37 heavy (non-hydrogen) atoms. The van der Waals surface area contributed by atoms with Crippen molar-refractivity contribution in [1.82, 2.24) is 0 Å². The summed E-state index contributed by atoms with van der Waals surface area (Å²) in [6.45, 7) is 0. The van der Waals surface area contributed by atoms with Crippen LogP contribution in [0.15, 0.2) is 140 Å². The average molecular weight is 478 g/mol. The third-order valence-electron chi connectivity index (χ3n) is 7.25. The van der Waals surface area contributed by atoms with Crippen molar-refractivity contribution < 1.29 is 0 Å². The van der Waals surface area contributed by atoms with Crippen molar-refractivity contribution >= 4 is 22.6 Å². The Kier molecular flexibility index (Phi) is 6.68. The number of nitrogens with zero attached hydrogens (tertiary/aromatic N) is 1. The van der Waals surface area contributed by atoms with E-state index in [9.17, 15) is 0 Å². The van der Waals surface area contributed by atoms with Gasteiger partial charge in [0.05, 0.1) is 0 Å². The van der Waals surface area contributed by atoms with Gasteiger partial charge in [-0.15, -0.1) is 0 Å². The van der Waals surface area contributed by atoms with Crippen LogP contribution >= 0.6 is 0 Å². The topological polar surface area (TPSA) is 3.24 Å². The summed E-state index contributed by atoms with van der Waals surface area (Å²) in [7, 11) is 0. The summed E-state index contributed by atoms with van der Waals surface area (Å²) in [5.41, 5.74) is 11.2. The van der Waals surface area contributed by atoms with E-state index in [-0.39, 0.29) is 0 Å². The van der Waals surface area contributed by atoms with Crippen LogP contribution in [0, 0.1) is 0 Å². The third-order valence-corrected chi connectivity index (χ3v) is 7.25. The second kappa shape index (κ2) is 10.7. The normalized spacial score (nSPS) is 13.1. The van der Waals surface area contributed by atoms with Crippen molar-refractivity contribution in [2.75, 3.05) is 4.90 Å². The molecule has 6 rings (SSSR count). The minimum atomic E-state index is 1.15. The van der Waals surface area contributed by atoms with Crippen LogP contribution < -0.4 is 4.90 Å². The van der Waals surface area contributed by atoms with Crippen molar-refractivity contribution in [3.63, 3.8) is 0 Å². The van der Waals surface area contributed by atoms with Crippen molar-refractivity contribution in [1.29, 1.82) is 0 Å². The zero-order valence-electron chi connectivity index (χ0n) is 21.1. The number of hydrogen-bond acceptors (Lipinski definition) is 1. The van der Waals surface area contributed by atoms with E-state index in [1.54, 1.807) is 0 Å². The number of rotatable bonds is 6. The molecule has 0 saturated heterocycles. The van der Waals surface area contributed by atoms with Gasteiger partial charge in [-0.2, -0.15) is 0 Å². The minimum absolute atomic E-state index is 1.15. The summed E-state index contributed by atoms with van der Waals surface area (Å²) in [5, 5.41) is 0. The average Bonchev–Trinajstić information content (AvgIpc) is 3.00. The molecule has 0 spiro atoms. The maximum absolute atomic E-state index is 2.42. The summed E-state index contributed by atoms with van der Waals surface area (Å²) in [4.78, 5) is 2.35. The molecular formula is C36H31N. The van der Waals surface area contributed by atoms with Crippen molar-refractivity contribution in [2.45, 2.75) is 25.7 Å². The lowest BCUT2D eigenvalue weighted by Crippen LogP contribution is -2.10. The maximum atomic E-state index is 2.42. The lowest BCUT2D eigenvalue weighted by atomic mass is 9.93. The van der Waals surface area contributed by atoms with Gasteiger partial charge in [-0.1, -0.05) is 103 Å². The van der Waals surface area contributed by atoms with Gasteiger partial charge < -0.3 is 4.90 Å². The van der Waals surface area contributed by atoms with Gasteiger partial charge in [-0.25, -0.2) is 0 Å². The molecule has 1 heteroatoms. The van der Waals surface area contributed by atoms with E-state index in [0.717, 1.165) is 11.4 Å². The Balaban J connectivity index is 1.37. The Hall–Kier alpha value is -4.36. The van der Waals surface area contributed by atoms with Crippen LogP contribution in [0.4, 0.5) is 17.1 Å². The fourth-order valence-corrected chi connectivity index (χ4v) is 5.24. The van der Waals surface area contributed by atoms with Gasteiger partial charge in [0.2, 0.25) is 0 Å². The minimum Gasteiger partial charge on any atom is -0.311 e. The molecule has 0 atom stereocenters. The molecule has 1 aliphatic rings. The van der Waals surface area contributed by atoms with Gasteiger partial charge in [0.25, 0.3) is 0 Å². The summed E-state index contributed by atoms with van der Waals surface area (Å²) < 4.78 is 0. The first-order valence-corrected chi connectivity index (χ1v) is 13.3. The first-order valence-electron chi connectivity index (χ1n) is 13.3. The Morgan fingerprint density at radius 2 is 0.784 bits per heavy atom. The molecule has 1 aliphatic carbocycles. The van der Waals surface area contributed by atoms with Crippen LogP contribution in [0.3, 0.4) is 0 Å². The smallest absolute Gasteiger partial charge is 0.0462 e. The highest BCUT2D eigenvalue weighted by Crippen LogP contribution is 2.37. The van der Waals surface area contributed by atoms with Gasteiger partial charge in [-0.3, -0.25) is 0 Å². The SMILES string of the molecule is C1=C(c2ccc(N(c3ccc(-c4ccccc4)cc3)c3ccc(-c4ccccc4)cc3)cc2)CCCC1. The van der Waals surface area contributed by atoms with E-state index in [2.05, 4.69) is 144 Å². The molecule has 0 unspecified atom stereocenters. The second-order valence-electron chi connectivity index (χ2n) is 9.68. The van der Waals surface area contributed by atoms with Crippen molar-refractivity contribution in [3.8, 4) is 22.3 Å². The summed E-state index contributed by atoms with van der Waals surface area (Å²) in [6, 6.07) is 48.0. The molecule has 0 fully saturated rings. The monoisotopic (exact) mass is 477 g/mol. The number of benzene rings is 5. The molecule has 0 aromatic heterocycles. The summed E-state index contributed by atoms with van der Waals surface area (Å²) in [5.74, 6) is 0. The van der Waals surface area contributed by atoms with Gasteiger partial charge in [0.15, 0.2) is 0 Å². The quantitative estimate of drug-likeness (QED) is 0.235. The van der Waals surface area contributed by atoms with Crippen molar-refractivity contribution in [2.24, 2.45) is 0 Å². The number of anilines is 3. The van der Waals surface area contributed by atoms with Crippen molar-refractivity contribution in [3.05, 3.63) is 145 Å². The zero-order chi connectivity index (χ0) is 24.9. The number of allylic oxidation sites excluding steroid dienone is 2. The van der Waals surface area contributed by atoms with Gasteiger partial charge in [0.1, 0.15) is 0 Å². The van der Waals surface area contributed by atoms with E-state index in [4.69, 9.17) is 0 Å². The molecule has 0 heterocycles. The Morgan fingerprint density at radius 3 is 1.19 bits per heavy atom. The van der Waals surface area contributed by atoms with E-state index in [1.807, 2.05) is 0 Å². The van der Waals surface area contributed by atoms with Crippen LogP contribution in [-0.2, 0) is 0 Å². The fourth-order valence-electron chi connectivity index (χ4n) is 5.24. The van der Waals surface area contributed by atoms with Crippen LogP contribution in [0.5, 0.6) is 0 Å². The standard InChI is InChI=1S/C36H31N/c1-4-10-28(11-5-1)31-16-22-34(23-17-31)37(35-24-18-32(19-25-35)29-12-6-2-7-13-29)36-26-20-33(21-27-36)30-14-8-3-9-15-30/h1-2,4-7,10-14,16-27H,3,8-9,15H2. The van der Waals surface area contributed by atoms with Crippen LogP contribution in [-0.4, -0.2) is 0 Å². The van der Waals surface area contributed by atoms with Crippen LogP contribution in [0.25, 0.3) is 27.8 Å². The molecule has 5 aromatic rings. The van der Waals surface area contributed by atoms with Gasteiger partial charge in [-0.05, 0) is 95.5 Å². The highest BCUT2D eigenvalue weighted by Gasteiger charge is 2.14. The molecule has 0 radical (unpaired) electrons.